The van der Waals surface area contributed by atoms with Crippen molar-refractivity contribution in [3.05, 3.63) is 41.2 Å². The summed E-state index contributed by atoms with van der Waals surface area (Å²) in [6.45, 7) is 0. The molecule has 0 heterocycles. The molecule has 18 heavy (non-hydrogen) atoms. The molecule has 0 aliphatic heterocycles. The number of carbonyl (C=O) groups excluding carboxylic acids is 1. The lowest BCUT2D eigenvalue weighted by atomic mass is 9.87. The van der Waals surface area contributed by atoms with Gasteiger partial charge in [0.1, 0.15) is 5.82 Å². The third-order valence-corrected chi connectivity index (χ3v) is 3.57. The maximum atomic E-state index is 13.7. The summed E-state index contributed by atoms with van der Waals surface area (Å²) < 4.78 is 13.7. The highest BCUT2D eigenvalue weighted by Gasteiger charge is 2.23. The van der Waals surface area contributed by atoms with Crippen molar-refractivity contribution in [2.45, 2.75) is 38.1 Å². The number of hydrogen-bond acceptors (Lipinski definition) is 1. The Morgan fingerprint density at radius 2 is 2.17 bits per heavy atom. The van der Waals surface area contributed by atoms with Gasteiger partial charge in [-0.05, 0) is 54.9 Å². The summed E-state index contributed by atoms with van der Waals surface area (Å²) in [4.78, 5) is 11.8. The van der Waals surface area contributed by atoms with E-state index in [0.29, 0.717) is 6.04 Å². The lowest BCUT2D eigenvalue weighted by molar-refractivity contribution is -0.116. The van der Waals surface area contributed by atoms with Crippen LogP contribution in [-0.4, -0.2) is 11.9 Å². The zero-order valence-electron chi connectivity index (χ0n) is 10.2. The van der Waals surface area contributed by atoms with Crippen LogP contribution in [0.15, 0.2) is 24.3 Å². The topological polar surface area (TPSA) is 29.1 Å². The minimum atomic E-state index is -0.152. The third kappa shape index (κ3) is 2.30. The van der Waals surface area contributed by atoms with Gasteiger partial charge in [-0.1, -0.05) is 12.1 Å². The summed E-state index contributed by atoms with van der Waals surface area (Å²) in [7, 11) is 0. The lowest BCUT2D eigenvalue weighted by Gasteiger charge is -2.19. The smallest absolute Gasteiger partial charge is 0.244 e. The minimum Gasteiger partial charge on any atom is -0.350 e. The van der Waals surface area contributed by atoms with E-state index in [2.05, 4.69) is 5.32 Å². The molecule has 2 nitrogen and oxygen atoms in total. The SMILES string of the molecule is O=C(/C=C1/CCCc2c(F)cccc21)NC1CC1. The standard InChI is InChI=1S/C15H16FNO/c16-14-6-2-4-12-10(3-1-5-13(12)14)9-15(18)17-11-7-8-11/h2,4,6,9,11H,1,3,5,7-8H2,(H,17,18)/b10-9-. The van der Waals surface area contributed by atoms with Crippen molar-refractivity contribution in [2.24, 2.45) is 0 Å². The van der Waals surface area contributed by atoms with E-state index in [1.165, 1.54) is 6.07 Å². The first-order valence-corrected chi connectivity index (χ1v) is 6.53. The monoisotopic (exact) mass is 245 g/mol. The van der Waals surface area contributed by atoms with Gasteiger partial charge in [-0.3, -0.25) is 4.79 Å². The molecule has 0 spiro atoms. The van der Waals surface area contributed by atoms with Gasteiger partial charge in [-0.15, -0.1) is 0 Å². The van der Waals surface area contributed by atoms with Crippen LogP contribution in [-0.2, 0) is 11.2 Å². The molecule has 1 aromatic rings. The van der Waals surface area contributed by atoms with Crippen molar-refractivity contribution in [1.82, 2.24) is 5.32 Å². The quantitative estimate of drug-likeness (QED) is 0.798. The van der Waals surface area contributed by atoms with Crippen LogP contribution in [0.1, 0.15) is 36.8 Å². The van der Waals surface area contributed by atoms with Crippen LogP contribution in [0.25, 0.3) is 5.57 Å². The molecule has 3 heteroatoms. The molecule has 1 fully saturated rings. The van der Waals surface area contributed by atoms with E-state index in [1.54, 1.807) is 12.1 Å². The number of halogens is 1. The molecule has 0 unspecified atom stereocenters. The normalized spacial score (nSPS) is 20.6. The van der Waals surface area contributed by atoms with E-state index in [-0.39, 0.29) is 11.7 Å². The number of rotatable bonds is 2. The van der Waals surface area contributed by atoms with Crippen LogP contribution in [0.4, 0.5) is 4.39 Å². The van der Waals surface area contributed by atoms with E-state index in [4.69, 9.17) is 0 Å². The average molecular weight is 245 g/mol. The fourth-order valence-corrected chi connectivity index (χ4v) is 2.48. The Morgan fingerprint density at radius 1 is 1.33 bits per heavy atom. The zero-order chi connectivity index (χ0) is 12.5. The third-order valence-electron chi connectivity index (χ3n) is 3.57. The number of benzene rings is 1. The van der Waals surface area contributed by atoms with Crippen LogP contribution in [0, 0.1) is 5.82 Å². The first kappa shape index (κ1) is 11.5. The number of hydrogen-bond donors (Lipinski definition) is 1. The molecule has 0 atom stereocenters. The highest BCUT2D eigenvalue weighted by Crippen LogP contribution is 2.32. The van der Waals surface area contributed by atoms with Gasteiger partial charge in [0.2, 0.25) is 5.91 Å². The summed E-state index contributed by atoms with van der Waals surface area (Å²) in [6.07, 6.45) is 6.35. The van der Waals surface area contributed by atoms with Gasteiger partial charge in [0.05, 0.1) is 0 Å². The molecule has 0 saturated heterocycles. The molecule has 0 aromatic heterocycles. The van der Waals surface area contributed by atoms with Gasteiger partial charge < -0.3 is 5.32 Å². The predicted molar refractivity (Wildman–Crippen MR) is 68.5 cm³/mol. The van der Waals surface area contributed by atoms with E-state index < -0.39 is 0 Å². The second-order valence-electron chi connectivity index (χ2n) is 5.07. The molecule has 1 amide bonds. The maximum Gasteiger partial charge on any atom is 0.244 e. The van der Waals surface area contributed by atoms with Gasteiger partial charge in [0, 0.05) is 12.1 Å². The van der Waals surface area contributed by atoms with E-state index in [9.17, 15) is 9.18 Å². The molecular formula is C15H16FNO. The van der Waals surface area contributed by atoms with Crippen LogP contribution in [0.2, 0.25) is 0 Å². The highest BCUT2D eigenvalue weighted by molar-refractivity contribution is 5.96. The second kappa shape index (κ2) is 4.56. The van der Waals surface area contributed by atoms with Crippen LogP contribution in [0.5, 0.6) is 0 Å². The lowest BCUT2D eigenvalue weighted by Crippen LogP contribution is -2.23. The fraction of sp³-hybridized carbons (Fsp3) is 0.400. The molecule has 1 aromatic carbocycles. The Balaban J connectivity index is 1.88. The summed E-state index contributed by atoms with van der Waals surface area (Å²) in [5.41, 5.74) is 2.63. The molecule has 0 radical (unpaired) electrons. The summed E-state index contributed by atoms with van der Waals surface area (Å²) in [5.74, 6) is -0.190. The summed E-state index contributed by atoms with van der Waals surface area (Å²) >= 11 is 0. The van der Waals surface area contributed by atoms with Crippen molar-refractivity contribution in [3.63, 3.8) is 0 Å². The van der Waals surface area contributed by atoms with Gasteiger partial charge in [0.15, 0.2) is 0 Å². The van der Waals surface area contributed by atoms with Gasteiger partial charge in [-0.25, -0.2) is 4.39 Å². The van der Waals surface area contributed by atoms with E-state index >= 15 is 0 Å². The molecule has 1 saturated carbocycles. The van der Waals surface area contributed by atoms with Crippen LogP contribution < -0.4 is 5.32 Å². The molecule has 2 aliphatic rings. The van der Waals surface area contributed by atoms with Crippen LogP contribution in [0.3, 0.4) is 0 Å². The Morgan fingerprint density at radius 3 is 2.94 bits per heavy atom. The second-order valence-corrected chi connectivity index (χ2v) is 5.07. The Kier molecular flexibility index (Phi) is 2.90. The largest absolute Gasteiger partial charge is 0.350 e. The van der Waals surface area contributed by atoms with Crippen molar-refractivity contribution >= 4 is 11.5 Å². The molecule has 1 N–H and O–H groups in total. The van der Waals surface area contributed by atoms with Gasteiger partial charge in [0.25, 0.3) is 0 Å². The summed E-state index contributed by atoms with van der Waals surface area (Å²) in [5, 5.41) is 2.94. The Hall–Kier alpha value is -1.64. The Bertz CT molecular complexity index is 517. The zero-order valence-corrected chi connectivity index (χ0v) is 10.2. The first-order chi connectivity index (χ1) is 8.74. The van der Waals surface area contributed by atoms with Crippen molar-refractivity contribution < 1.29 is 9.18 Å². The Labute approximate surface area is 106 Å². The first-order valence-electron chi connectivity index (χ1n) is 6.53. The van der Waals surface area contributed by atoms with Gasteiger partial charge >= 0.3 is 0 Å². The maximum absolute atomic E-state index is 13.7. The van der Waals surface area contributed by atoms with E-state index in [0.717, 1.165) is 48.8 Å². The van der Waals surface area contributed by atoms with Crippen molar-refractivity contribution in [3.8, 4) is 0 Å². The van der Waals surface area contributed by atoms with Crippen molar-refractivity contribution in [2.75, 3.05) is 0 Å². The number of fused-ring (bicyclic) bond motifs is 1. The molecule has 2 aliphatic carbocycles. The van der Waals surface area contributed by atoms with Crippen molar-refractivity contribution in [1.29, 1.82) is 0 Å². The number of amides is 1. The van der Waals surface area contributed by atoms with Crippen LogP contribution >= 0.6 is 0 Å². The minimum absolute atomic E-state index is 0.0374. The number of allylic oxidation sites excluding steroid dienone is 1. The van der Waals surface area contributed by atoms with Gasteiger partial charge in [-0.2, -0.15) is 0 Å². The molecule has 0 bridgehead atoms. The molecule has 3 rings (SSSR count). The highest BCUT2D eigenvalue weighted by atomic mass is 19.1. The molecular weight excluding hydrogens is 229 g/mol. The fourth-order valence-electron chi connectivity index (χ4n) is 2.48. The summed E-state index contributed by atoms with van der Waals surface area (Å²) in [6, 6.07) is 5.48. The number of carbonyl (C=O) groups is 1. The molecule has 94 valence electrons. The average Bonchev–Trinajstić information content (AvgIpc) is 3.14. The number of nitrogens with one attached hydrogen (secondary N) is 1. The van der Waals surface area contributed by atoms with E-state index in [1.807, 2.05) is 6.07 Å². The predicted octanol–water partition coefficient (Wildman–Crippen LogP) is 2.82.